The Morgan fingerprint density at radius 1 is 1.26 bits per heavy atom. The molecule has 3 atom stereocenters. The molecule has 0 saturated carbocycles. The smallest absolute Gasteiger partial charge is 0.273 e. The van der Waals surface area contributed by atoms with Gasteiger partial charge in [-0.25, -0.2) is 4.98 Å². The van der Waals surface area contributed by atoms with E-state index in [0.29, 0.717) is 18.8 Å². The van der Waals surface area contributed by atoms with Crippen molar-refractivity contribution in [3.63, 3.8) is 0 Å². The van der Waals surface area contributed by atoms with Gasteiger partial charge in [-0.05, 0) is 26.2 Å². The maximum Gasteiger partial charge on any atom is 0.273 e. The number of likely N-dealkylation sites (tertiary alicyclic amines) is 2. The van der Waals surface area contributed by atoms with Crippen molar-refractivity contribution in [3.05, 3.63) is 16.1 Å². The van der Waals surface area contributed by atoms with Gasteiger partial charge in [0, 0.05) is 31.6 Å². The van der Waals surface area contributed by atoms with Crippen molar-refractivity contribution >= 4 is 23.2 Å². The van der Waals surface area contributed by atoms with E-state index in [4.69, 9.17) is 4.74 Å². The van der Waals surface area contributed by atoms with Crippen LogP contribution in [0.4, 0.5) is 0 Å². The average molecular weight is 335 g/mol. The minimum absolute atomic E-state index is 0.0195. The molecule has 7 heteroatoms. The summed E-state index contributed by atoms with van der Waals surface area (Å²) in [6, 6.07) is 0. The van der Waals surface area contributed by atoms with Gasteiger partial charge in [0.05, 0.1) is 23.1 Å². The van der Waals surface area contributed by atoms with Crippen LogP contribution in [-0.4, -0.2) is 65.0 Å². The van der Waals surface area contributed by atoms with E-state index >= 15 is 0 Å². The minimum atomic E-state index is -0.162. The number of thiazole rings is 1. The van der Waals surface area contributed by atoms with Crippen molar-refractivity contribution in [1.82, 2.24) is 14.8 Å². The van der Waals surface area contributed by atoms with Gasteiger partial charge in [0.15, 0.2) is 0 Å². The number of fused-ring (bicyclic) bond motifs is 2. The zero-order valence-electron chi connectivity index (χ0n) is 13.2. The number of aryl methyl sites for hydroxylation is 1. The molecule has 4 rings (SSSR count). The summed E-state index contributed by atoms with van der Waals surface area (Å²) in [5, 5.41) is 2.70. The van der Waals surface area contributed by atoms with Gasteiger partial charge in [0.25, 0.3) is 5.91 Å². The number of carbonyl (C=O) groups is 2. The SMILES string of the molecule is Cc1nc(C(=O)N2CC3CC(C(=O)N4CCCC4)C(C2)O3)cs1. The molecule has 0 aliphatic carbocycles. The second-order valence-corrected chi connectivity index (χ2v) is 7.70. The van der Waals surface area contributed by atoms with Crippen LogP contribution < -0.4 is 0 Å². The van der Waals surface area contributed by atoms with Crippen LogP contribution in [0.5, 0.6) is 0 Å². The monoisotopic (exact) mass is 335 g/mol. The lowest BCUT2D eigenvalue weighted by molar-refractivity contribution is -0.137. The highest BCUT2D eigenvalue weighted by Gasteiger charge is 2.47. The molecule has 23 heavy (non-hydrogen) atoms. The molecule has 6 nitrogen and oxygen atoms in total. The molecule has 0 radical (unpaired) electrons. The predicted molar refractivity (Wildman–Crippen MR) is 85.3 cm³/mol. The van der Waals surface area contributed by atoms with Gasteiger partial charge >= 0.3 is 0 Å². The van der Waals surface area contributed by atoms with E-state index in [2.05, 4.69) is 4.98 Å². The molecule has 2 amide bonds. The number of morpholine rings is 1. The number of aromatic nitrogens is 1. The maximum absolute atomic E-state index is 12.7. The third-order valence-corrected chi connectivity index (χ3v) is 5.79. The van der Waals surface area contributed by atoms with Crippen LogP contribution in [0, 0.1) is 12.8 Å². The molecule has 2 bridgehead atoms. The van der Waals surface area contributed by atoms with Crippen LogP contribution in [0.1, 0.15) is 34.8 Å². The Morgan fingerprint density at radius 3 is 2.74 bits per heavy atom. The first-order valence-corrected chi connectivity index (χ1v) is 9.15. The van der Waals surface area contributed by atoms with Gasteiger partial charge in [0.2, 0.25) is 5.91 Å². The highest BCUT2D eigenvalue weighted by molar-refractivity contribution is 7.09. The lowest BCUT2D eigenvalue weighted by Gasteiger charge is -2.32. The molecular weight excluding hydrogens is 314 g/mol. The van der Waals surface area contributed by atoms with E-state index in [1.165, 1.54) is 11.3 Å². The first-order chi connectivity index (χ1) is 11.1. The van der Waals surface area contributed by atoms with Crippen molar-refractivity contribution in [2.75, 3.05) is 26.2 Å². The fourth-order valence-corrected chi connectivity index (χ4v) is 4.47. The minimum Gasteiger partial charge on any atom is -0.370 e. The van der Waals surface area contributed by atoms with E-state index in [9.17, 15) is 9.59 Å². The molecule has 3 aliphatic heterocycles. The highest BCUT2D eigenvalue weighted by Crippen LogP contribution is 2.34. The van der Waals surface area contributed by atoms with Gasteiger partial charge in [-0.15, -0.1) is 11.3 Å². The first-order valence-electron chi connectivity index (χ1n) is 8.27. The van der Waals surface area contributed by atoms with Crippen LogP contribution in [-0.2, 0) is 9.53 Å². The van der Waals surface area contributed by atoms with Crippen molar-refractivity contribution in [2.45, 2.75) is 38.4 Å². The lowest BCUT2D eigenvalue weighted by atomic mass is 9.99. The Kier molecular flexibility index (Phi) is 3.85. The molecular formula is C16H21N3O3S. The number of nitrogens with zero attached hydrogens (tertiary/aromatic N) is 3. The Labute approximate surface area is 139 Å². The van der Waals surface area contributed by atoms with Crippen LogP contribution in [0.15, 0.2) is 5.38 Å². The third kappa shape index (κ3) is 2.76. The fourth-order valence-electron chi connectivity index (χ4n) is 3.88. The third-order valence-electron chi connectivity index (χ3n) is 5.02. The average Bonchev–Trinajstić information content (AvgIpc) is 3.26. The number of amides is 2. The molecule has 124 valence electrons. The number of ether oxygens (including phenoxy) is 1. The van der Waals surface area contributed by atoms with E-state index < -0.39 is 0 Å². The van der Waals surface area contributed by atoms with Crippen LogP contribution in [0.25, 0.3) is 0 Å². The normalized spacial score (nSPS) is 30.0. The Morgan fingerprint density at radius 2 is 2.04 bits per heavy atom. The molecule has 3 unspecified atom stereocenters. The number of hydrogen-bond donors (Lipinski definition) is 0. The molecule has 1 aromatic rings. The Hall–Kier alpha value is -1.47. The van der Waals surface area contributed by atoms with E-state index in [1.54, 1.807) is 0 Å². The quantitative estimate of drug-likeness (QED) is 0.817. The first kappa shape index (κ1) is 15.1. The maximum atomic E-state index is 12.7. The van der Waals surface area contributed by atoms with Crippen molar-refractivity contribution in [3.8, 4) is 0 Å². The second-order valence-electron chi connectivity index (χ2n) is 6.63. The van der Waals surface area contributed by atoms with Gasteiger partial charge in [0.1, 0.15) is 5.69 Å². The Bertz CT molecular complexity index is 626. The summed E-state index contributed by atoms with van der Waals surface area (Å²) >= 11 is 1.49. The molecule has 0 N–H and O–H groups in total. The summed E-state index contributed by atoms with van der Waals surface area (Å²) in [5.41, 5.74) is 0.510. The molecule has 3 fully saturated rings. The zero-order valence-corrected chi connectivity index (χ0v) is 14.1. The predicted octanol–water partition coefficient (Wildman–Crippen LogP) is 1.30. The van der Waals surface area contributed by atoms with E-state index in [-0.39, 0.29) is 29.9 Å². The fraction of sp³-hybridized carbons (Fsp3) is 0.688. The summed E-state index contributed by atoms with van der Waals surface area (Å²) in [5.74, 6) is 0.0868. The van der Waals surface area contributed by atoms with Crippen LogP contribution >= 0.6 is 11.3 Å². The molecule has 0 aromatic carbocycles. The van der Waals surface area contributed by atoms with Crippen molar-refractivity contribution < 1.29 is 14.3 Å². The van der Waals surface area contributed by atoms with Crippen molar-refractivity contribution in [2.24, 2.45) is 5.92 Å². The largest absolute Gasteiger partial charge is 0.370 e. The highest BCUT2D eigenvalue weighted by atomic mass is 32.1. The number of rotatable bonds is 2. The number of hydrogen-bond acceptors (Lipinski definition) is 5. The second kappa shape index (κ2) is 5.87. The van der Waals surface area contributed by atoms with Crippen LogP contribution in [0.2, 0.25) is 0 Å². The Balaban J connectivity index is 1.45. The topological polar surface area (TPSA) is 62.7 Å². The van der Waals surface area contributed by atoms with Gasteiger partial charge in [-0.2, -0.15) is 0 Å². The van der Waals surface area contributed by atoms with Crippen LogP contribution in [0.3, 0.4) is 0 Å². The summed E-state index contributed by atoms with van der Waals surface area (Å²) < 4.78 is 5.95. The van der Waals surface area contributed by atoms with Crippen molar-refractivity contribution in [1.29, 1.82) is 0 Å². The van der Waals surface area contributed by atoms with Gasteiger partial charge in [-0.3, -0.25) is 9.59 Å². The van der Waals surface area contributed by atoms with Gasteiger partial charge < -0.3 is 14.5 Å². The summed E-state index contributed by atoms with van der Waals surface area (Å²) in [6.45, 7) is 4.70. The van der Waals surface area contributed by atoms with E-state index in [1.807, 2.05) is 22.1 Å². The van der Waals surface area contributed by atoms with E-state index in [0.717, 1.165) is 37.4 Å². The molecule has 3 aliphatic rings. The summed E-state index contributed by atoms with van der Waals surface area (Å²) in [4.78, 5) is 33.3. The molecule has 4 heterocycles. The van der Waals surface area contributed by atoms with Gasteiger partial charge in [-0.1, -0.05) is 0 Å². The standard InChI is InChI=1S/C16H21N3O3S/c1-10-17-13(9-23-10)16(21)19-7-11-6-12(14(8-19)22-11)15(20)18-4-2-3-5-18/h9,11-12,14H,2-8H2,1H3. The summed E-state index contributed by atoms with van der Waals surface area (Å²) in [7, 11) is 0. The lowest BCUT2D eigenvalue weighted by Crippen LogP contribution is -2.48. The zero-order chi connectivity index (χ0) is 16.0. The molecule has 0 spiro atoms. The summed E-state index contributed by atoms with van der Waals surface area (Å²) in [6.07, 6.45) is 2.75. The number of carbonyl (C=O) groups excluding carboxylic acids is 2. The molecule has 3 saturated heterocycles. The molecule has 1 aromatic heterocycles.